The Labute approximate surface area is 150 Å². The maximum absolute atomic E-state index is 12.7. The molecule has 6 heteroatoms. The van der Waals surface area contributed by atoms with Crippen molar-refractivity contribution in [1.82, 2.24) is 4.57 Å². The molecule has 2 heterocycles. The number of aromatic nitrogens is 1. The second-order valence-corrected chi connectivity index (χ2v) is 7.00. The number of hydrogen-bond donors (Lipinski definition) is 0. The summed E-state index contributed by atoms with van der Waals surface area (Å²) in [4.78, 5) is 26.6. The number of carbonyl (C=O) groups excluding carboxylic acids is 2. The Morgan fingerprint density at radius 2 is 1.96 bits per heavy atom. The zero-order chi connectivity index (χ0) is 17.4. The molecule has 1 aromatic heterocycles. The van der Waals surface area contributed by atoms with E-state index in [1.807, 2.05) is 19.9 Å². The fraction of sp³-hybridized carbons (Fsp3) is 0.222. The summed E-state index contributed by atoms with van der Waals surface area (Å²) in [6.45, 7) is 7.00. The topological polar surface area (TPSA) is 42.3 Å². The van der Waals surface area contributed by atoms with E-state index in [-0.39, 0.29) is 11.1 Å². The summed E-state index contributed by atoms with van der Waals surface area (Å²) in [6.07, 6.45) is 1.80. The van der Waals surface area contributed by atoms with Gasteiger partial charge in [-0.25, -0.2) is 4.90 Å². The third-order valence-corrected chi connectivity index (χ3v) is 5.18. The monoisotopic (exact) mass is 360 g/mol. The van der Waals surface area contributed by atoms with Crippen LogP contribution in [-0.2, 0) is 11.3 Å². The van der Waals surface area contributed by atoms with Crippen LogP contribution in [0.15, 0.2) is 35.2 Å². The first-order chi connectivity index (χ1) is 11.4. The molecule has 1 saturated heterocycles. The summed E-state index contributed by atoms with van der Waals surface area (Å²) in [5.74, 6) is -0.312. The van der Waals surface area contributed by atoms with E-state index in [9.17, 15) is 9.59 Å². The first kappa shape index (κ1) is 16.9. The maximum Gasteiger partial charge on any atom is 0.298 e. The fourth-order valence-electron chi connectivity index (χ4n) is 2.91. The quantitative estimate of drug-likeness (QED) is 0.722. The van der Waals surface area contributed by atoms with Crippen molar-refractivity contribution >= 4 is 46.3 Å². The summed E-state index contributed by atoms with van der Waals surface area (Å²) in [6, 6.07) is 8.78. The summed E-state index contributed by atoms with van der Waals surface area (Å²) < 4.78 is 2.17. The Balaban J connectivity index is 1.97. The number of hydrogen-bond acceptors (Lipinski definition) is 3. The third-order valence-electron chi connectivity index (χ3n) is 4.08. The van der Waals surface area contributed by atoms with Gasteiger partial charge in [-0.1, -0.05) is 17.7 Å². The lowest BCUT2D eigenvalue weighted by molar-refractivity contribution is -0.113. The molecular formula is C18H17ClN2O2S. The van der Waals surface area contributed by atoms with Gasteiger partial charge < -0.3 is 4.57 Å². The number of carbonyl (C=O) groups is 2. The molecule has 1 aliphatic heterocycles. The van der Waals surface area contributed by atoms with E-state index >= 15 is 0 Å². The van der Waals surface area contributed by atoms with E-state index in [0.29, 0.717) is 15.6 Å². The molecule has 124 valence electrons. The Hall–Kier alpha value is -1.98. The molecule has 0 spiro atoms. The van der Waals surface area contributed by atoms with Crippen molar-refractivity contribution in [2.75, 3.05) is 4.90 Å². The molecule has 1 aliphatic rings. The number of amides is 2. The molecular weight excluding hydrogens is 344 g/mol. The lowest BCUT2D eigenvalue weighted by Crippen LogP contribution is -2.27. The Kier molecular flexibility index (Phi) is 4.56. The van der Waals surface area contributed by atoms with Crippen LogP contribution in [0.5, 0.6) is 0 Å². The zero-order valence-corrected chi connectivity index (χ0v) is 15.2. The van der Waals surface area contributed by atoms with Crippen molar-refractivity contribution in [1.29, 1.82) is 0 Å². The minimum absolute atomic E-state index is 0.308. The molecule has 1 aromatic carbocycles. The van der Waals surface area contributed by atoms with Crippen molar-refractivity contribution in [3.05, 3.63) is 57.2 Å². The van der Waals surface area contributed by atoms with Crippen LogP contribution in [0.1, 0.15) is 23.9 Å². The van der Waals surface area contributed by atoms with E-state index in [1.54, 1.807) is 30.3 Å². The number of aryl methyl sites for hydroxylation is 1. The molecule has 2 aromatic rings. The highest BCUT2D eigenvalue weighted by Crippen LogP contribution is 2.37. The van der Waals surface area contributed by atoms with Crippen LogP contribution in [0.4, 0.5) is 10.5 Å². The number of anilines is 1. The van der Waals surface area contributed by atoms with E-state index in [4.69, 9.17) is 11.6 Å². The molecule has 0 bridgehead atoms. The van der Waals surface area contributed by atoms with Gasteiger partial charge >= 0.3 is 0 Å². The first-order valence-electron chi connectivity index (χ1n) is 7.62. The smallest absolute Gasteiger partial charge is 0.298 e. The largest absolute Gasteiger partial charge is 0.349 e. The Morgan fingerprint density at radius 1 is 1.21 bits per heavy atom. The summed E-state index contributed by atoms with van der Waals surface area (Å²) >= 11 is 6.92. The molecule has 1 fully saturated rings. The number of benzene rings is 1. The molecule has 0 aliphatic carbocycles. The van der Waals surface area contributed by atoms with Crippen molar-refractivity contribution in [2.45, 2.75) is 27.3 Å². The van der Waals surface area contributed by atoms with Crippen molar-refractivity contribution in [3.63, 3.8) is 0 Å². The van der Waals surface area contributed by atoms with Gasteiger partial charge in [0.2, 0.25) is 0 Å². The maximum atomic E-state index is 12.7. The molecule has 0 N–H and O–H groups in total. The average Bonchev–Trinajstić information content (AvgIpc) is 2.95. The number of imide groups is 1. The van der Waals surface area contributed by atoms with Crippen molar-refractivity contribution in [2.24, 2.45) is 0 Å². The Bertz CT molecular complexity index is 870. The normalized spacial score (nSPS) is 16.5. The molecule has 0 saturated carbocycles. The summed E-state index contributed by atoms with van der Waals surface area (Å²) in [5, 5.41) is 0.180. The predicted octanol–water partition coefficient (Wildman–Crippen LogP) is 5.02. The second kappa shape index (κ2) is 6.49. The van der Waals surface area contributed by atoms with E-state index in [0.717, 1.165) is 35.3 Å². The van der Waals surface area contributed by atoms with Gasteiger partial charge in [-0.05, 0) is 68.4 Å². The molecule has 2 amide bonds. The van der Waals surface area contributed by atoms with E-state index < -0.39 is 0 Å². The molecule has 4 nitrogen and oxygen atoms in total. The van der Waals surface area contributed by atoms with E-state index in [2.05, 4.69) is 11.5 Å². The van der Waals surface area contributed by atoms with Gasteiger partial charge in [0.05, 0.1) is 10.6 Å². The summed E-state index contributed by atoms with van der Waals surface area (Å²) in [5.41, 5.74) is 3.68. The highest BCUT2D eigenvalue weighted by molar-refractivity contribution is 8.19. The molecule has 3 rings (SSSR count). The number of rotatable bonds is 3. The lowest BCUT2D eigenvalue weighted by atomic mass is 10.2. The van der Waals surface area contributed by atoms with Gasteiger partial charge in [0.25, 0.3) is 11.1 Å². The zero-order valence-electron chi connectivity index (χ0n) is 13.7. The first-order valence-corrected chi connectivity index (χ1v) is 8.82. The van der Waals surface area contributed by atoms with Gasteiger partial charge in [0.15, 0.2) is 0 Å². The van der Waals surface area contributed by atoms with Crippen LogP contribution in [0, 0.1) is 13.8 Å². The summed E-state index contributed by atoms with van der Waals surface area (Å²) in [7, 11) is 0. The predicted molar refractivity (Wildman–Crippen MR) is 99.5 cm³/mol. The minimum Gasteiger partial charge on any atom is -0.349 e. The van der Waals surface area contributed by atoms with Crippen molar-refractivity contribution < 1.29 is 9.59 Å². The van der Waals surface area contributed by atoms with Crippen LogP contribution in [-0.4, -0.2) is 15.7 Å². The third kappa shape index (κ3) is 2.89. The van der Waals surface area contributed by atoms with Gasteiger partial charge in [0.1, 0.15) is 0 Å². The molecule has 0 atom stereocenters. The van der Waals surface area contributed by atoms with Crippen LogP contribution in [0.2, 0.25) is 5.02 Å². The molecule has 0 unspecified atom stereocenters. The van der Waals surface area contributed by atoms with Gasteiger partial charge in [-0.2, -0.15) is 0 Å². The average molecular weight is 361 g/mol. The van der Waals surface area contributed by atoms with Crippen LogP contribution in [0.3, 0.4) is 0 Å². The van der Waals surface area contributed by atoms with Crippen LogP contribution >= 0.6 is 23.4 Å². The fourth-order valence-corrected chi connectivity index (χ4v) is 3.92. The standard InChI is InChI=1S/C18H17ClN2O2S/c1-4-20-11(2)8-13(12(20)3)9-16-17(22)21(18(23)24-16)15-7-5-6-14(19)10-15/h5-10H,4H2,1-3H3/b16-9+. The minimum atomic E-state index is -0.312. The van der Waals surface area contributed by atoms with Crippen LogP contribution < -0.4 is 4.90 Å². The Morgan fingerprint density at radius 3 is 2.58 bits per heavy atom. The number of nitrogens with zero attached hydrogens (tertiary/aromatic N) is 2. The molecule has 24 heavy (non-hydrogen) atoms. The van der Waals surface area contributed by atoms with Crippen LogP contribution in [0.25, 0.3) is 6.08 Å². The van der Waals surface area contributed by atoms with Gasteiger partial charge in [0, 0.05) is 23.0 Å². The lowest BCUT2D eigenvalue weighted by Gasteiger charge is -2.12. The number of thioether (sulfide) groups is 1. The highest BCUT2D eigenvalue weighted by atomic mass is 35.5. The van der Waals surface area contributed by atoms with Gasteiger partial charge in [-0.15, -0.1) is 0 Å². The second-order valence-electron chi connectivity index (χ2n) is 5.57. The molecule has 0 radical (unpaired) electrons. The van der Waals surface area contributed by atoms with Crippen molar-refractivity contribution in [3.8, 4) is 0 Å². The van der Waals surface area contributed by atoms with Gasteiger partial charge in [-0.3, -0.25) is 9.59 Å². The number of halogens is 1. The van der Waals surface area contributed by atoms with E-state index in [1.165, 1.54) is 4.90 Å². The highest BCUT2D eigenvalue weighted by Gasteiger charge is 2.36. The SMILES string of the molecule is CCn1c(C)cc(/C=C2/SC(=O)N(c3cccc(Cl)c3)C2=O)c1C.